The third-order valence-corrected chi connectivity index (χ3v) is 7.15. The molecule has 4 nitrogen and oxygen atoms in total. The van der Waals surface area contributed by atoms with Crippen LogP contribution in [-0.2, 0) is 14.6 Å². The van der Waals surface area contributed by atoms with Crippen molar-refractivity contribution in [1.29, 1.82) is 0 Å². The third kappa shape index (κ3) is 9.74. The van der Waals surface area contributed by atoms with Crippen LogP contribution >= 0.6 is 0 Å². The zero-order chi connectivity index (χ0) is 23.6. The van der Waals surface area contributed by atoms with Gasteiger partial charge in [-0.25, -0.2) is 8.42 Å². The highest BCUT2D eigenvalue weighted by Gasteiger charge is 2.23. The van der Waals surface area contributed by atoms with Gasteiger partial charge in [-0.2, -0.15) is 0 Å². The molecule has 2 atom stereocenters. The van der Waals surface area contributed by atoms with Crippen molar-refractivity contribution in [3.05, 3.63) is 65.7 Å². The van der Waals surface area contributed by atoms with E-state index in [1.54, 1.807) is 0 Å². The molecule has 0 saturated heterocycles. The van der Waals surface area contributed by atoms with E-state index in [1.165, 1.54) is 0 Å². The summed E-state index contributed by atoms with van der Waals surface area (Å²) in [6.45, 7) is 12.4. The van der Waals surface area contributed by atoms with Crippen molar-refractivity contribution in [2.75, 3.05) is 31.3 Å². The Labute approximate surface area is 195 Å². The standard InChI is InChI=1S/C27H40O4S/c1-6-22(2)19-31-25-15-10-14-24(18-25)26(23-12-8-7-9-13-23)20-32(28,29)17-11-16-30-21-27(3,4)5/h7-10,12-15,18,22,26H,6,11,16-17,19-21H2,1-5H3/t22-,26?/m0/s1. The summed E-state index contributed by atoms with van der Waals surface area (Å²) in [7, 11) is -3.26. The van der Waals surface area contributed by atoms with E-state index >= 15 is 0 Å². The Bertz CT molecular complexity index is 901. The first kappa shape index (κ1) is 26.4. The van der Waals surface area contributed by atoms with Crippen LogP contribution < -0.4 is 4.74 Å². The lowest BCUT2D eigenvalue weighted by Crippen LogP contribution is -2.21. The van der Waals surface area contributed by atoms with E-state index in [4.69, 9.17) is 9.47 Å². The molecule has 0 amide bonds. The van der Waals surface area contributed by atoms with Crippen molar-refractivity contribution in [1.82, 2.24) is 0 Å². The number of sulfone groups is 1. The van der Waals surface area contributed by atoms with Crippen LogP contribution in [0.1, 0.15) is 64.5 Å². The van der Waals surface area contributed by atoms with E-state index in [0.29, 0.717) is 32.2 Å². The van der Waals surface area contributed by atoms with Gasteiger partial charge in [-0.1, -0.05) is 83.5 Å². The van der Waals surface area contributed by atoms with E-state index in [2.05, 4.69) is 34.6 Å². The van der Waals surface area contributed by atoms with E-state index < -0.39 is 9.84 Å². The van der Waals surface area contributed by atoms with Gasteiger partial charge in [-0.3, -0.25) is 0 Å². The number of benzene rings is 2. The highest BCUT2D eigenvalue weighted by Crippen LogP contribution is 2.29. The highest BCUT2D eigenvalue weighted by atomic mass is 32.2. The second kappa shape index (κ2) is 12.4. The fraction of sp³-hybridized carbons (Fsp3) is 0.556. The van der Waals surface area contributed by atoms with Crippen LogP contribution in [0.2, 0.25) is 0 Å². The van der Waals surface area contributed by atoms with Crippen molar-refractivity contribution in [2.24, 2.45) is 11.3 Å². The molecule has 0 spiro atoms. The summed E-state index contributed by atoms with van der Waals surface area (Å²) in [6, 6.07) is 17.7. The van der Waals surface area contributed by atoms with Gasteiger partial charge in [-0.05, 0) is 41.0 Å². The van der Waals surface area contributed by atoms with E-state index in [1.807, 2.05) is 54.6 Å². The topological polar surface area (TPSA) is 52.6 Å². The molecule has 2 rings (SSSR count). The predicted octanol–water partition coefficient (Wildman–Crippen LogP) is 6.11. The molecule has 0 saturated carbocycles. The van der Waals surface area contributed by atoms with E-state index in [0.717, 1.165) is 23.3 Å². The molecule has 0 aromatic heterocycles. The molecular formula is C27H40O4S. The summed E-state index contributed by atoms with van der Waals surface area (Å²) in [6.07, 6.45) is 1.57. The predicted molar refractivity (Wildman–Crippen MR) is 133 cm³/mol. The second-order valence-electron chi connectivity index (χ2n) is 9.94. The summed E-state index contributed by atoms with van der Waals surface area (Å²) >= 11 is 0. The molecule has 2 aromatic carbocycles. The molecule has 0 radical (unpaired) electrons. The quantitative estimate of drug-likeness (QED) is 0.338. The van der Waals surface area contributed by atoms with Gasteiger partial charge in [0.2, 0.25) is 0 Å². The molecular weight excluding hydrogens is 420 g/mol. The van der Waals surface area contributed by atoms with Crippen LogP contribution in [0.25, 0.3) is 0 Å². The molecule has 5 heteroatoms. The van der Waals surface area contributed by atoms with Crippen LogP contribution in [0.5, 0.6) is 5.75 Å². The van der Waals surface area contributed by atoms with E-state index in [9.17, 15) is 8.42 Å². The average molecular weight is 461 g/mol. The molecule has 178 valence electrons. The van der Waals surface area contributed by atoms with Crippen molar-refractivity contribution in [2.45, 2.75) is 53.4 Å². The Hall–Kier alpha value is -1.85. The lowest BCUT2D eigenvalue weighted by Gasteiger charge is -2.20. The van der Waals surface area contributed by atoms with Gasteiger partial charge in [0, 0.05) is 12.5 Å². The van der Waals surface area contributed by atoms with Gasteiger partial charge in [0.05, 0.1) is 24.7 Å². The van der Waals surface area contributed by atoms with Gasteiger partial charge >= 0.3 is 0 Å². The van der Waals surface area contributed by atoms with Crippen LogP contribution in [0.3, 0.4) is 0 Å². The van der Waals surface area contributed by atoms with Crippen molar-refractivity contribution >= 4 is 9.84 Å². The van der Waals surface area contributed by atoms with Crippen LogP contribution in [0, 0.1) is 11.3 Å². The van der Waals surface area contributed by atoms with Crippen molar-refractivity contribution in [3.8, 4) is 5.75 Å². The zero-order valence-electron chi connectivity index (χ0n) is 20.3. The van der Waals surface area contributed by atoms with Crippen LogP contribution in [0.15, 0.2) is 54.6 Å². The molecule has 0 heterocycles. The maximum Gasteiger partial charge on any atom is 0.151 e. The maximum atomic E-state index is 13.0. The minimum Gasteiger partial charge on any atom is -0.493 e. The monoisotopic (exact) mass is 460 g/mol. The first-order valence-corrected chi connectivity index (χ1v) is 13.5. The average Bonchev–Trinajstić information content (AvgIpc) is 2.75. The Morgan fingerprint density at radius 1 is 0.969 bits per heavy atom. The number of rotatable bonds is 13. The molecule has 0 bridgehead atoms. The number of hydrogen-bond acceptors (Lipinski definition) is 4. The van der Waals surface area contributed by atoms with Gasteiger partial charge in [-0.15, -0.1) is 0 Å². The third-order valence-electron chi connectivity index (χ3n) is 5.39. The van der Waals surface area contributed by atoms with Crippen LogP contribution in [-0.4, -0.2) is 39.7 Å². The molecule has 0 fully saturated rings. The number of hydrogen-bond donors (Lipinski definition) is 0. The van der Waals surface area contributed by atoms with Gasteiger partial charge < -0.3 is 9.47 Å². The summed E-state index contributed by atoms with van der Waals surface area (Å²) < 4.78 is 37.6. The Morgan fingerprint density at radius 3 is 2.31 bits per heavy atom. The second-order valence-corrected chi connectivity index (χ2v) is 12.2. The Kier molecular flexibility index (Phi) is 10.2. The fourth-order valence-corrected chi connectivity index (χ4v) is 4.96. The molecule has 0 aliphatic carbocycles. The van der Waals surface area contributed by atoms with Gasteiger partial charge in [0.1, 0.15) is 5.75 Å². The minimum atomic E-state index is -3.26. The van der Waals surface area contributed by atoms with Crippen molar-refractivity contribution in [3.63, 3.8) is 0 Å². The highest BCUT2D eigenvalue weighted by molar-refractivity contribution is 7.91. The smallest absolute Gasteiger partial charge is 0.151 e. The molecule has 32 heavy (non-hydrogen) atoms. The molecule has 0 N–H and O–H groups in total. The molecule has 1 unspecified atom stereocenters. The zero-order valence-corrected chi connectivity index (χ0v) is 21.2. The lowest BCUT2D eigenvalue weighted by atomic mass is 9.93. The first-order valence-electron chi connectivity index (χ1n) is 11.7. The van der Waals surface area contributed by atoms with Gasteiger partial charge in [0.15, 0.2) is 9.84 Å². The lowest BCUT2D eigenvalue weighted by molar-refractivity contribution is 0.0720. The summed E-state index contributed by atoms with van der Waals surface area (Å²) in [5.74, 6) is 1.24. The summed E-state index contributed by atoms with van der Waals surface area (Å²) in [5, 5.41) is 0. The van der Waals surface area contributed by atoms with Crippen LogP contribution in [0.4, 0.5) is 0 Å². The minimum absolute atomic E-state index is 0.0745. The maximum absolute atomic E-state index is 13.0. The Balaban J connectivity index is 2.11. The summed E-state index contributed by atoms with van der Waals surface area (Å²) in [4.78, 5) is 0. The number of ether oxygens (including phenoxy) is 2. The Morgan fingerprint density at radius 2 is 1.66 bits per heavy atom. The molecule has 0 aliphatic heterocycles. The molecule has 2 aromatic rings. The summed E-state index contributed by atoms with van der Waals surface area (Å²) in [5.41, 5.74) is 2.05. The van der Waals surface area contributed by atoms with Gasteiger partial charge in [0.25, 0.3) is 0 Å². The van der Waals surface area contributed by atoms with E-state index in [-0.39, 0.29) is 22.8 Å². The first-order chi connectivity index (χ1) is 15.1. The normalized spacial score (nSPS) is 14.2. The largest absolute Gasteiger partial charge is 0.493 e. The molecule has 0 aliphatic rings. The SMILES string of the molecule is CC[C@H](C)COc1cccc(C(CS(=O)(=O)CCCOCC(C)(C)C)c2ccccc2)c1. The van der Waals surface area contributed by atoms with Crippen molar-refractivity contribution < 1.29 is 17.9 Å². The fourth-order valence-electron chi connectivity index (χ4n) is 3.34.